The summed E-state index contributed by atoms with van der Waals surface area (Å²) in [5.74, 6) is 0.666. The number of pyridine rings is 1. The highest BCUT2D eigenvalue weighted by molar-refractivity contribution is 5.57. The molecule has 2 aromatic heterocycles. The Morgan fingerprint density at radius 2 is 1.92 bits per heavy atom. The first-order valence-corrected chi connectivity index (χ1v) is 8.87. The molecule has 26 heavy (non-hydrogen) atoms. The Labute approximate surface area is 152 Å². The van der Waals surface area contributed by atoms with Crippen molar-refractivity contribution in [1.29, 1.82) is 0 Å². The Balaban J connectivity index is 1.38. The van der Waals surface area contributed by atoms with Crippen LogP contribution in [0.3, 0.4) is 0 Å². The van der Waals surface area contributed by atoms with Crippen LogP contribution in [0.5, 0.6) is 0 Å². The van der Waals surface area contributed by atoms with Gasteiger partial charge in [0.1, 0.15) is 11.5 Å². The maximum absolute atomic E-state index is 13.1. The number of halogens is 1. The van der Waals surface area contributed by atoms with Crippen molar-refractivity contribution in [2.24, 2.45) is 0 Å². The SMILES string of the molecule is Fc1ccc(N2CCCN(Cc3cc(-c4cccnc4)no3)CC2)cc1. The Bertz CT molecular complexity index is 835. The molecule has 0 N–H and O–H groups in total. The number of anilines is 1. The molecule has 3 heterocycles. The van der Waals surface area contributed by atoms with Crippen molar-refractivity contribution in [2.75, 3.05) is 31.1 Å². The topological polar surface area (TPSA) is 45.4 Å². The lowest BCUT2D eigenvalue weighted by Crippen LogP contribution is -2.30. The van der Waals surface area contributed by atoms with E-state index in [-0.39, 0.29) is 5.82 Å². The molecule has 0 aliphatic carbocycles. The summed E-state index contributed by atoms with van der Waals surface area (Å²) in [5.41, 5.74) is 2.85. The molecule has 0 saturated carbocycles. The van der Waals surface area contributed by atoms with Crippen LogP contribution < -0.4 is 4.90 Å². The molecule has 0 amide bonds. The van der Waals surface area contributed by atoms with Gasteiger partial charge in [-0.2, -0.15) is 0 Å². The molecule has 134 valence electrons. The van der Waals surface area contributed by atoms with E-state index in [1.807, 2.05) is 30.3 Å². The number of hydrogen-bond donors (Lipinski definition) is 0. The number of benzene rings is 1. The van der Waals surface area contributed by atoms with Crippen molar-refractivity contribution >= 4 is 5.69 Å². The standard InChI is InChI=1S/C20H21FN4O/c21-17-4-6-18(7-5-17)25-10-2-9-24(11-12-25)15-19-13-20(23-26-19)16-3-1-8-22-14-16/h1,3-8,13-14H,2,9-12,15H2. The van der Waals surface area contributed by atoms with Crippen LogP contribution >= 0.6 is 0 Å². The van der Waals surface area contributed by atoms with Crippen LogP contribution in [-0.2, 0) is 6.54 Å². The number of hydrogen-bond acceptors (Lipinski definition) is 5. The van der Waals surface area contributed by atoms with E-state index in [0.717, 1.165) is 61.8 Å². The Kier molecular flexibility index (Phi) is 4.93. The first kappa shape index (κ1) is 16.7. The van der Waals surface area contributed by atoms with E-state index in [9.17, 15) is 4.39 Å². The molecule has 4 rings (SSSR count). The Morgan fingerprint density at radius 1 is 1.04 bits per heavy atom. The molecule has 3 aromatic rings. The third kappa shape index (κ3) is 3.91. The van der Waals surface area contributed by atoms with Gasteiger partial charge in [0.15, 0.2) is 5.76 Å². The molecular weight excluding hydrogens is 331 g/mol. The summed E-state index contributed by atoms with van der Waals surface area (Å²) in [6, 6.07) is 12.6. The van der Waals surface area contributed by atoms with Gasteiger partial charge in [-0.15, -0.1) is 0 Å². The second kappa shape index (κ2) is 7.66. The third-order valence-corrected chi connectivity index (χ3v) is 4.68. The van der Waals surface area contributed by atoms with E-state index < -0.39 is 0 Å². The highest BCUT2D eigenvalue weighted by atomic mass is 19.1. The zero-order valence-corrected chi connectivity index (χ0v) is 14.5. The number of rotatable bonds is 4. The van der Waals surface area contributed by atoms with Crippen LogP contribution in [0.4, 0.5) is 10.1 Å². The summed E-state index contributed by atoms with van der Waals surface area (Å²) in [4.78, 5) is 8.80. The molecule has 1 aliphatic heterocycles. The summed E-state index contributed by atoms with van der Waals surface area (Å²) in [7, 11) is 0. The van der Waals surface area contributed by atoms with Gasteiger partial charge >= 0.3 is 0 Å². The monoisotopic (exact) mass is 352 g/mol. The second-order valence-corrected chi connectivity index (χ2v) is 6.51. The molecule has 6 heteroatoms. The van der Waals surface area contributed by atoms with E-state index in [4.69, 9.17) is 4.52 Å². The Hall–Kier alpha value is -2.73. The van der Waals surface area contributed by atoms with Crippen molar-refractivity contribution in [1.82, 2.24) is 15.0 Å². The number of nitrogens with zero attached hydrogens (tertiary/aromatic N) is 4. The van der Waals surface area contributed by atoms with Crippen LogP contribution in [0.15, 0.2) is 59.4 Å². The summed E-state index contributed by atoms with van der Waals surface area (Å²) >= 11 is 0. The van der Waals surface area contributed by atoms with E-state index in [1.54, 1.807) is 12.4 Å². The lowest BCUT2D eigenvalue weighted by Gasteiger charge is -2.23. The zero-order chi connectivity index (χ0) is 17.8. The predicted molar refractivity (Wildman–Crippen MR) is 98.2 cm³/mol. The fourth-order valence-electron chi connectivity index (χ4n) is 3.30. The summed E-state index contributed by atoms with van der Waals surface area (Å²) < 4.78 is 18.6. The van der Waals surface area contributed by atoms with Gasteiger partial charge in [0.05, 0.1) is 6.54 Å². The van der Waals surface area contributed by atoms with Gasteiger partial charge in [-0.1, -0.05) is 5.16 Å². The highest BCUT2D eigenvalue weighted by Gasteiger charge is 2.17. The quantitative estimate of drug-likeness (QED) is 0.718. The van der Waals surface area contributed by atoms with Gasteiger partial charge in [-0.25, -0.2) is 4.39 Å². The smallest absolute Gasteiger partial charge is 0.151 e. The van der Waals surface area contributed by atoms with Crippen molar-refractivity contribution < 1.29 is 8.91 Å². The van der Waals surface area contributed by atoms with Gasteiger partial charge in [0, 0.05) is 55.9 Å². The minimum atomic E-state index is -0.195. The average molecular weight is 352 g/mol. The van der Waals surface area contributed by atoms with Crippen LogP contribution in [0, 0.1) is 5.82 Å². The summed E-state index contributed by atoms with van der Waals surface area (Å²) in [6.45, 7) is 4.56. The number of aromatic nitrogens is 2. The minimum absolute atomic E-state index is 0.195. The fraction of sp³-hybridized carbons (Fsp3) is 0.300. The van der Waals surface area contributed by atoms with Crippen LogP contribution in [0.1, 0.15) is 12.2 Å². The maximum atomic E-state index is 13.1. The molecule has 1 aliphatic rings. The summed E-state index contributed by atoms with van der Waals surface area (Å²) in [5, 5.41) is 4.16. The summed E-state index contributed by atoms with van der Waals surface area (Å²) in [6.07, 6.45) is 4.59. The van der Waals surface area contributed by atoms with Gasteiger partial charge in [0.2, 0.25) is 0 Å². The normalized spacial score (nSPS) is 15.8. The largest absolute Gasteiger partial charge is 0.370 e. The maximum Gasteiger partial charge on any atom is 0.151 e. The molecular formula is C20H21FN4O. The Morgan fingerprint density at radius 3 is 2.73 bits per heavy atom. The zero-order valence-electron chi connectivity index (χ0n) is 14.5. The molecule has 0 unspecified atom stereocenters. The van der Waals surface area contributed by atoms with E-state index in [1.165, 1.54) is 12.1 Å². The average Bonchev–Trinajstić information content (AvgIpc) is 3.02. The van der Waals surface area contributed by atoms with Gasteiger partial charge < -0.3 is 9.42 Å². The first-order valence-electron chi connectivity index (χ1n) is 8.87. The van der Waals surface area contributed by atoms with Crippen molar-refractivity contribution in [3.05, 3.63) is 66.4 Å². The predicted octanol–water partition coefficient (Wildman–Crippen LogP) is 3.59. The minimum Gasteiger partial charge on any atom is -0.370 e. The van der Waals surface area contributed by atoms with Gasteiger partial charge in [-0.3, -0.25) is 9.88 Å². The molecule has 0 radical (unpaired) electrons. The molecule has 1 fully saturated rings. The van der Waals surface area contributed by atoms with Crippen LogP contribution in [0.2, 0.25) is 0 Å². The van der Waals surface area contributed by atoms with E-state index in [0.29, 0.717) is 0 Å². The first-order chi connectivity index (χ1) is 12.8. The van der Waals surface area contributed by atoms with E-state index >= 15 is 0 Å². The highest BCUT2D eigenvalue weighted by Crippen LogP contribution is 2.20. The van der Waals surface area contributed by atoms with Crippen LogP contribution in [-0.4, -0.2) is 41.2 Å². The van der Waals surface area contributed by atoms with E-state index in [2.05, 4.69) is 19.9 Å². The molecule has 0 atom stereocenters. The van der Waals surface area contributed by atoms with Crippen molar-refractivity contribution in [3.63, 3.8) is 0 Å². The third-order valence-electron chi connectivity index (χ3n) is 4.68. The molecule has 1 aromatic carbocycles. The van der Waals surface area contributed by atoms with Gasteiger partial charge in [0.25, 0.3) is 0 Å². The lowest BCUT2D eigenvalue weighted by molar-refractivity contribution is 0.245. The van der Waals surface area contributed by atoms with Gasteiger partial charge in [-0.05, 0) is 42.8 Å². The molecule has 0 spiro atoms. The lowest BCUT2D eigenvalue weighted by atomic mass is 10.2. The van der Waals surface area contributed by atoms with Crippen LogP contribution in [0.25, 0.3) is 11.3 Å². The second-order valence-electron chi connectivity index (χ2n) is 6.51. The van der Waals surface area contributed by atoms with Crippen molar-refractivity contribution in [2.45, 2.75) is 13.0 Å². The molecule has 1 saturated heterocycles. The fourth-order valence-corrected chi connectivity index (χ4v) is 3.30. The molecule has 5 nitrogen and oxygen atoms in total. The molecule has 0 bridgehead atoms. The van der Waals surface area contributed by atoms with Crippen molar-refractivity contribution in [3.8, 4) is 11.3 Å².